The number of rotatable bonds is 9. The molecule has 11 nitrogen and oxygen atoms in total. The van der Waals surface area contributed by atoms with Gasteiger partial charge in [-0.3, -0.25) is 9.59 Å². The smallest absolute Gasteiger partial charge is 0.322 e. The van der Waals surface area contributed by atoms with Crippen LogP contribution in [0.25, 0.3) is 0 Å². The van der Waals surface area contributed by atoms with E-state index in [9.17, 15) is 19.2 Å². The van der Waals surface area contributed by atoms with Crippen LogP contribution in [-0.4, -0.2) is 107 Å². The van der Waals surface area contributed by atoms with Gasteiger partial charge in [0.05, 0.1) is 6.42 Å². The van der Waals surface area contributed by atoms with Gasteiger partial charge in [0.25, 0.3) is 0 Å². The number of hydrogen-bond donors (Lipinski definition) is 3. The summed E-state index contributed by atoms with van der Waals surface area (Å²) in [4.78, 5) is 62.5. The first kappa shape index (κ1) is 32.3. The molecule has 0 radical (unpaired) electrons. The Balaban J connectivity index is 1.04. The minimum Gasteiger partial charge on any atom is -0.342 e. The third-order valence-electron chi connectivity index (χ3n) is 10.0. The Labute approximate surface area is 275 Å². The van der Waals surface area contributed by atoms with Crippen LogP contribution < -0.4 is 16.0 Å². The minimum absolute atomic E-state index is 0.0308. The molecule has 5 heterocycles. The van der Waals surface area contributed by atoms with Crippen molar-refractivity contribution in [3.63, 3.8) is 0 Å². The fraction of sp³-hybridized carbons (Fsp3) is 0.588. The summed E-state index contributed by atoms with van der Waals surface area (Å²) >= 11 is 1.64. The number of carbonyl (C=O) groups is 4. The summed E-state index contributed by atoms with van der Waals surface area (Å²) in [6, 6.07) is 10.9. The number of nitrogens with zero attached hydrogens (tertiary/aromatic N) is 4. The molecule has 1 aromatic carbocycles. The molecule has 0 aliphatic carbocycles. The van der Waals surface area contributed by atoms with E-state index in [1.165, 1.54) is 24.1 Å². The molecule has 3 N–H and O–H groups in total. The predicted octanol–water partition coefficient (Wildman–Crippen LogP) is 3.86. The van der Waals surface area contributed by atoms with Gasteiger partial charge < -0.3 is 35.6 Å². The zero-order valence-corrected chi connectivity index (χ0v) is 27.4. The van der Waals surface area contributed by atoms with E-state index in [1.807, 2.05) is 51.6 Å². The molecule has 12 heteroatoms. The molecule has 4 aliphatic heterocycles. The van der Waals surface area contributed by atoms with E-state index in [0.717, 1.165) is 37.2 Å². The Bertz CT molecular complexity index is 1350. The maximum atomic E-state index is 13.8. The van der Waals surface area contributed by atoms with Crippen LogP contribution in [0.1, 0.15) is 61.8 Å². The molecular weight excluding hydrogens is 602 g/mol. The number of nitrogens with one attached hydrogen (secondary N) is 3. The van der Waals surface area contributed by atoms with Crippen molar-refractivity contribution in [3.8, 4) is 0 Å². The number of likely N-dealkylation sites (tertiary alicyclic amines) is 3. The lowest BCUT2D eigenvalue weighted by atomic mass is 9.98. The fourth-order valence-corrected chi connectivity index (χ4v) is 8.08. The van der Waals surface area contributed by atoms with Gasteiger partial charge in [-0.1, -0.05) is 30.7 Å². The number of anilines is 1. The van der Waals surface area contributed by atoms with Crippen LogP contribution in [0.3, 0.4) is 0 Å². The lowest BCUT2D eigenvalue weighted by Crippen LogP contribution is -2.56. The molecule has 4 aliphatic rings. The first-order valence-electron chi connectivity index (χ1n) is 17.0. The number of thiophene rings is 1. The van der Waals surface area contributed by atoms with Gasteiger partial charge in [0.1, 0.15) is 6.04 Å². The second-order valence-corrected chi connectivity index (χ2v) is 14.0. The second-order valence-electron chi connectivity index (χ2n) is 13.0. The summed E-state index contributed by atoms with van der Waals surface area (Å²) in [6.45, 7) is 5.55. The summed E-state index contributed by atoms with van der Waals surface area (Å²) in [5, 5.41) is 10.7. The van der Waals surface area contributed by atoms with E-state index in [-0.39, 0.29) is 30.3 Å². The van der Waals surface area contributed by atoms with Crippen LogP contribution in [0.5, 0.6) is 0 Å². The lowest BCUT2D eigenvalue weighted by Gasteiger charge is -2.41. The maximum absolute atomic E-state index is 13.8. The molecule has 46 heavy (non-hydrogen) atoms. The van der Waals surface area contributed by atoms with Crippen LogP contribution in [0, 0.1) is 0 Å². The summed E-state index contributed by atoms with van der Waals surface area (Å²) in [6.07, 6.45) is 7.58. The number of carbonyl (C=O) groups excluding carboxylic acids is 4. The highest BCUT2D eigenvalue weighted by Crippen LogP contribution is 2.28. The van der Waals surface area contributed by atoms with Crippen LogP contribution >= 0.6 is 11.3 Å². The summed E-state index contributed by atoms with van der Waals surface area (Å²) in [5.74, 6) is -0.329. The normalized spacial score (nSPS) is 20.5. The Hall–Kier alpha value is -3.64. The molecule has 3 saturated heterocycles. The molecule has 0 unspecified atom stereocenters. The van der Waals surface area contributed by atoms with Crippen molar-refractivity contribution >= 4 is 40.9 Å². The third-order valence-corrected chi connectivity index (χ3v) is 11.0. The first-order valence-corrected chi connectivity index (χ1v) is 17.9. The number of fused-ring (bicyclic) bond motifs is 1. The largest absolute Gasteiger partial charge is 0.342 e. The predicted molar refractivity (Wildman–Crippen MR) is 179 cm³/mol. The zero-order valence-electron chi connectivity index (χ0n) is 26.6. The first-order chi connectivity index (χ1) is 22.4. The fourth-order valence-electron chi connectivity index (χ4n) is 7.37. The van der Waals surface area contributed by atoms with E-state index in [2.05, 4.69) is 20.9 Å². The SMILES string of the molecule is O=C(NCCc1cccs1)N[C@@H](CC(=O)N1CCC(N2Cc3ccccc3NC2=O)CC1)C(=O)N1CCC(N2CCCCC2)CC1. The Morgan fingerprint density at radius 1 is 0.870 bits per heavy atom. The molecule has 2 aromatic rings. The topological polar surface area (TPSA) is 117 Å². The van der Waals surface area contributed by atoms with Crippen molar-refractivity contribution in [2.75, 3.05) is 51.1 Å². The molecule has 0 spiro atoms. The van der Waals surface area contributed by atoms with Crippen molar-refractivity contribution in [1.82, 2.24) is 30.2 Å². The van der Waals surface area contributed by atoms with Gasteiger partial charge in [-0.15, -0.1) is 11.3 Å². The van der Waals surface area contributed by atoms with Crippen molar-refractivity contribution in [3.05, 3.63) is 52.2 Å². The van der Waals surface area contributed by atoms with Gasteiger partial charge in [0.2, 0.25) is 11.8 Å². The molecular formula is C34H47N7O4S. The molecule has 1 atom stereocenters. The van der Waals surface area contributed by atoms with Crippen molar-refractivity contribution < 1.29 is 19.2 Å². The van der Waals surface area contributed by atoms with Crippen LogP contribution in [0.4, 0.5) is 15.3 Å². The van der Waals surface area contributed by atoms with Gasteiger partial charge in [0.15, 0.2) is 0 Å². The highest BCUT2D eigenvalue weighted by Gasteiger charge is 2.36. The van der Waals surface area contributed by atoms with Crippen molar-refractivity contribution in [2.45, 2.75) is 82.5 Å². The van der Waals surface area contributed by atoms with Gasteiger partial charge >= 0.3 is 12.1 Å². The van der Waals surface area contributed by atoms with Crippen LogP contribution in [0.2, 0.25) is 0 Å². The highest BCUT2D eigenvalue weighted by atomic mass is 32.1. The van der Waals surface area contributed by atoms with Crippen molar-refractivity contribution in [1.29, 1.82) is 0 Å². The number of piperidine rings is 3. The maximum Gasteiger partial charge on any atom is 0.322 e. The van der Waals surface area contributed by atoms with Gasteiger partial charge in [-0.05, 0) is 81.1 Å². The minimum atomic E-state index is -0.928. The van der Waals surface area contributed by atoms with E-state index in [1.54, 1.807) is 16.2 Å². The quantitative estimate of drug-likeness (QED) is 0.382. The van der Waals surface area contributed by atoms with E-state index < -0.39 is 12.1 Å². The Morgan fingerprint density at radius 3 is 2.33 bits per heavy atom. The molecule has 6 rings (SSSR count). The Morgan fingerprint density at radius 2 is 1.59 bits per heavy atom. The standard InChI is InChI=1S/C34H47N7O4S/c42-31(39-18-13-27(14-19-39)41-24-25-7-2-3-9-29(25)37-34(41)45)23-30(36-33(44)35-15-10-28-8-6-22-46-28)32(43)40-20-11-26(12-21-40)38-16-4-1-5-17-38/h2-3,6-9,22,26-27,30H,1,4-5,10-21,23-24H2,(H,37,45)(H2,35,36,44)/t30-/m0/s1. The van der Waals surface area contributed by atoms with Crippen LogP contribution in [-0.2, 0) is 22.6 Å². The molecule has 0 bridgehead atoms. The summed E-state index contributed by atoms with van der Waals surface area (Å²) in [5.41, 5.74) is 1.94. The number of hydrogen-bond acceptors (Lipinski definition) is 6. The number of urea groups is 2. The van der Waals surface area contributed by atoms with E-state index in [4.69, 9.17) is 0 Å². The number of benzene rings is 1. The molecule has 1 aromatic heterocycles. The van der Waals surface area contributed by atoms with Gasteiger partial charge in [-0.25, -0.2) is 9.59 Å². The highest BCUT2D eigenvalue weighted by molar-refractivity contribution is 7.09. The van der Waals surface area contributed by atoms with Gasteiger partial charge in [-0.2, -0.15) is 0 Å². The average molecular weight is 650 g/mol. The number of amides is 6. The number of para-hydroxylation sites is 1. The van der Waals surface area contributed by atoms with Crippen LogP contribution in [0.15, 0.2) is 41.8 Å². The molecule has 0 saturated carbocycles. The van der Waals surface area contributed by atoms with Gasteiger partial charge in [0, 0.05) is 61.9 Å². The lowest BCUT2D eigenvalue weighted by molar-refractivity contribution is -0.140. The third kappa shape index (κ3) is 8.01. The Kier molecular flexibility index (Phi) is 10.7. The van der Waals surface area contributed by atoms with E-state index >= 15 is 0 Å². The average Bonchev–Trinajstić information content (AvgIpc) is 3.61. The molecule has 6 amide bonds. The van der Waals surface area contributed by atoms with E-state index in [0.29, 0.717) is 64.6 Å². The molecule has 248 valence electrons. The monoisotopic (exact) mass is 649 g/mol. The summed E-state index contributed by atoms with van der Waals surface area (Å²) in [7, 11) is 0. The zero-order chi connectivity index (χ0) is 31.9. The van der Waals surface area contributed by atoms with Crippen molar-refractivity contribution in [2.24, 2.45) is 0 Å². The molecule has 3 fully saturated rings. The second kappa shape index (κ2) is 15.3. The summed E-state index contributed by atoms with van der Waals surface area (Å²) < 4.78 is 0.